The summed E-state index contributed by atoms with van der Waals surface area (Å²) in [6, 6.07) is 3.47. The Kier molecular flexibility index (Phi) is 2.40. The first kappa shape index (κ1) is 10.3. The van der Waals surface area contributed by atoms with Crippen molar-refractivity contribution in [1.29, 1.82) is 0 Å². The van der Waals surface area contributed by atoms with Crippen molar-refractivity contribution in [2.75, 3.05) is 0 Å². The van der Waals surface area contributed by atoms with Gasteiger partial charge >= 0.3 is 0 Å². The molecule has 0 amide bonds. The molecule has 82 valence electrons. The number of benzene rings is 1. The van der Waals surface area contributed by atoms with Crippen molar-refractivity contribution in [3.8, 4) is 11.1 Å². The van der Waals surface area contributed by atoms with Crippen LogP contribution >= 0.6 is 0 Å². The summed E-state index contributed by atoms with van der Waals surface area (Å²) in [5.41, 5.74) is 1.41. The van der Waals surface area contributed by atoms with Crippen molar-refractivity contribution in [2.45, 2.75) is 6.92 Å². The van der Waals surface area contributed by atoms with Crippen LogP contribution in [0.25, 0.3) is 11.1 Å². The van der Waals surface area contributed by atoms with Gasteiger partial charge < -0.3 is 0 Å². The minimum absolute atomic E-state index is 0.260. The first-order valence-electron chi connectivity index (χ1n) is 4.54. The smallest absolute Gasteiger partial charge is 0.280 e. The van der Waals surface area contributed by atoms with Gasteiger partial charge in [0.15, 0.2) is 0 Å². The second kappa shape index (κ2) is 3.73. The molecule has 0 spiro atoms. The van der Waals surface area contributed by atoms with Gasteiger partial charge in [0.25, 0.3) is 5.69 Å². The topological polar surface area (TPSA) is 71.8 Å². The predicted octanol–water partition coefficient (Wildman–Crippen LogP) is 2.43. The van der Waals surface area contributed by atoms with E-state index in [2.05, 4.69) is 10.2 Å². The number of aromatic amines is 1. The molecule has 1 N–H and O–H groups in total. The molecule has 0 aliphatic heterocycles. The molecular formula is C10H8FN3O2. The fraction of sp³-hybridized carbons (Fsp3) is 0.100. The Hall–Kier alpha value is -2.24. The van der Waals surface area contributed by atoms with Crippen LogP contribution in [0.1, 0.15) is 5.69 Å². The first-order chi connectivity index (χ1) is 7.59. The van der Waals surface area contributed by atoms with Gasteiger partial charge in [0.05, 0.1) is 22.7 Å². The van der Waals surface area contributed by atoms with Gasteiger partial charge in [-0.1, -0.05) is 0 Å². The maximum absolute atomic E-state index is 12.9. The fourth-order valence-corrected chi connectivity index (χ4v) is 1.51. The van der Waals surface area contributed by atoms with E-state index in [1.807, 2.05) is 0 Å². The van der Waals surface area contributed by atoms with Crippen molar-refractivity contribution < 1.29 is 9.31 Å². The molecule has 5 nitrogen and oxygen atoms in total. The van der Waals surface area contributed by atoms with E-state index in [4.69, 9.17) is 0 Å². The van der Waals surface area contributed by atoms with E-state index < -0.39 is 10.7 Å². The summed E-state index contributed by atoms with van der Waals surface area (Å²) >= 11 is 0. The highest BCUT2D eigenvalue weighted by atomic mass is 19.1. The van der Waals surface area contributed by atoms with Crippen LogP contribution in [-0.2, 0) is 0 Å². The molecule has 2 rings (SSSR count). The standard InChI is InChI=1S/C10H8FN3O2/c1-6-9(5-12-13-6)8-3-2-7(11)4-10(8)14(15)16/h2-5H,1H3,(H,12,13). The Bertz CT molecular complexity index is 551. The number of nitro benzene ring substituents is 1. The largest absolute Gasteiger partial charge is 0.282 e. The van der Waals surface area contributed by atoms with E-state index in [-0.39, 0.29) is 5.69 Å². The molecular weight excluding hydrogens is 213 g/mol. The van der Waals surface area contributed by atoms with E-state index >= 15 is 0 Å². The monoisotopic (exact) mass is 221 g/mol. The molecule has 0 fully saturated rings. The number of aryl methyl sites for hydroxylation is 1. The molecule has 1 aromatic heterocycles. The van der Waals surface area contributed by atoms with Gasteiger partial charge in [0.2, 0.25) is 0 Å². The number of hydrogen-bond acceptors (Lipinski definition) is 3. The van der Waals surface area contributed by atoms with Crippen LogP contribution in [0.5, 0.6) is 0 Å². The van der Waals surface area contributed by atoms with E-state index in [9.17, 15) is 14.5 Å². The molecule has 0 radical (unpaired) electrons. The third kappa shape index (κ3) is 1.65. The summed E-state index contributed by atoms with van der Waals surface area (Å²) in [5, 5.41) is 17.2. The fourth-order valence-electron chi connectivity index (χ4n) is 1.51. The number of nitrogens with zero attached hydrogens (tertiary/aromatic N) is 2. The van der Waals surface area contributed by atoms with Crippen molar-refractivity contribution in [1.82, 2.24) is 10.2 Å². The maximum atomic E-state index is 12.9. The third-order valence-electron chi connectivity index (χ3n) is 2.28. The summed E-state index contributed by atoms with van der Waals surface area (Å²) in [7, 11) is 0. The number of rotatable bonds is 2. The molecule has 2 aromatic rings. The predicted molar refractivity (Wildman–Crippen MR) is 55.4 cm³/mol. The highest BCUT2D eigenvalue weighted by Crippen LogP contribution is 2.31. The highest BCUT2D eigenvalue weighted by Gasteiger charge is 2.18. The Labute approximate surface area is 90.1 Å². The molecule has 16 heavy (non-hydrogen) atoms. The van der Waals surface area contributed by atoms with Crippen molar-refractivity contribution in [2.24, 2.45) is 0 Å². The average Bonchev–Trinajstić information content (AvgIpc) is 2.64. The van der Waals surface area contributed by atoms with Crippen LogP contribution < -0.4 is 0 Å². The molecule has 0 bridgehead atoms. The first-order valence-corrected chi connectivity index (χ1v) is 4.54. The second-order valence-electron chi connectivity index (χ2n) is 3.33. The van der Waals surface area contributed by atoms with Crippen molar-refractivity contribution in [3.05, 3.63) is 46.0 Å². The van der Waals surface area contributed by atoms with Crippen LogP contribution in [0.15, 0.2) is 24.4 Å². The molecule has 0 atom stereocenters. The summed E-state index contributed by atoms with van der Waals surface area (Å²) in [4.78, 5) is 10.2. The third-order valence-corrected chi connectivity index (χ3v) is 2.28. The van der Waals surface area contributed by atoms with Gasteiger partial charge in [-0.2, -0.15) is 5.10 Å². The molecule has 0 saturated carbocycles. The van der Waals surface area contributed by atoms with Crippen molar-refractivity contribution in [3.63, 3.8) is 0 Å². The summed E-state index contributed by atoms with van der Waals surface area (Å²) < 4.78 is 12.9. The quantitative estimate of drug-likeness (QED) is 0.625. The molecule has 0 saturated heterocycles. The highest BCUT2D eigenvalue weighted by molar-refractivity contribution is 5.74. The van der Waals surface area contributed by atoms with E-state index in [1.165, 1.54) is 18.3 Å². The van der Waals surface area contributed by atoms with Crippen LogP contribution in [-0.4, -0.2) is 15.1 Å². The van der Waals surface area contributed by atoms with E-state index in [0.717, 1.165) is 6.07 Å². The number of nitro groups is 1. The van der Waals surface area contributed by atoms with Crippen LogP contribution in [0.3, 0.4) is 0 Å². The van der Waals surface area contributed by atoms with E-state index in [0.29, 0.717) is 16.8 Å². The normalized spacial score (nSPS) is 10.4. The van der Waals surface area contributed by atoms with Crippen molar-refractivity contribution >= 4 is 5.69 Å². The van der Waals surface area contributed by atoms with Crippen LogP contribution in [0.4, 0.5) is 10.1 Å². The average molecular weight is 221 g/mol. The van der Waals surface area contributed by atoms with Crippen LogP contribution in [0, 0.1) is 22.9 Å². The molecule has 0 unspecified atom stereocenters. The lowest BCUT2D eigenvalue weighted by molar-refractivity contribution is -0.384. The minimum atomic E-state index is -0.628. The zero-order valence-electron chi connectivity index (χ0n) is 8.40. The molecule has 0 aliphatic carbocycles. The van der Waals surface area contributed by atoms with Gasteiger partial charge in [-0.25, -0.2) is 4.39 Å². The molecule has 6 heteroatoms. The zero-order chi connectivity index (χ0) is 11.7. The Morgan fingerprint density at radius 2 is 2.19 bits per heavy atom. The Balaban J connectivity index is 2.65. The van der Waals surface area contributed by atoms with Gasteiger partial charge in [0, 0.05) is 11.3 Å². The second-order valence-corrected chi connectivity index (χ2v) is 3.33. The van der Waals surface area contributed by atoms with E-state index in [1.54, 1.807) is 6.92 Å². The number of nitrogens with one attached hydrogen (secondary N) is 1. The summed E-state index contributed by atoms with van der Waals surface area (Å²) in [5.74, 6) is -0.628. The maximum Gasteiger partial charge on any atom is 0.280 e. The lowest BCUT2D eigenvalue weighted by Gasteiger charge is -2.01. The number of H-pyrrole nitrogens is 1. The minimum Gasteiger partial charge on any atom is -0.282 e. The van der Waals surface area contributed by atoms with Gasteiger partial charge in [0.1, 0.15) is 5.82 Å². The Morgan fingerprint density at radius 3 is 2.75 bits per heavy atom. The lowest BCUT2D eigenvalue weighted by atomic mass is 10.0. The summed E-state index contributed by atoms with van der Waals surface area (Å²) in [6.07, 6.45) is 1.48. The molecule has 0 aliphatic rings. The van der Waals surface area contributed by atoms with Gasteiger partial charge in [-0.15, -0.1) is 0 Å². The molecule has 1 heterocycles. The SMILES string of the molecule is Cc1[nH]ncc1-c1ccc(F)cc1[N+](=O)[O-]. The Morgan fingerprint density at radius 1 is 1.44 bits per heavy atom. The zero-order valence-corrected chi connectivity index (χ0v) is 8.40. The molecule has 1 aromatic carbocycles. The number of hydrogen-bond donors (Lipinski definition) is 1. The lowest BCUT2D eigenvalue weighted by Crippen LogP contribution is -1.93. The summed E-state index contributed by atoms with van der Waals surface area (Å²) in [6.45, 7) is 1.75. The van der Waals surface area contributed by atoms with Gasteiger partial charge in [-0.3, -0.25) is 15.2 Å². The van der Waals surface area contributed by atoms with Gasteiger partial charge in [-0.05, 0) is 19.1 Å². The number of aromatic nitrogens is 2. The number of halogens is 1. The van der Waals surface area contributed by atoms with Crippen LogP contribution in [0.2, 0.25) is 0 Å².